The van der Waals surface area contributed by atoms with Crippen molar-refractivity contribution < 1.29 is 18.7 Å². The number of nitrogens with zero attached hydrogens (tertiary/aromatic N) is 1. The van der Waals surface area contributed by atoms with E-state index < -0.39 is 10.9 Å². The second-order valence-corrected chi connectivity index (χ2v) is 11.3. The fraction of sp³-hybridized carbons (Fsp3) is 0.111. The van der Waals surface area contributed by atoms with Gasteiger partial charge in [-0.05, 0) is 42.3 Å². The highest BCUT2D eigenvalue weighted by Crippen LogP contribution is 2.35. The van der Waals surface area contributed by atoms with Crippen molar-refractivity contribution in [1.82, 2.24) is 4.90 Å². The lowest BCUT2D eigenvalue weighted by molar-refractivity contribution is -0.134. The van der Waals surface area contributed by atoms with Crippen molar-refractivity contribution in [1.29, 1.82) is 0 Å². The molecule has 1 fully saturated rings. The largest absolute Gasteiger partial charge is 0.426 e. The summed E-state index contributed by atoms with van der Waals surface area (Å²) in [5.41, 5.74) is 3.85. The fourth-order valence-corrected chi connectivity index (χ4v) is 5.91. The minimum absolute atomic E-state index is 0.0554. The number of amides is 1. The van der Waals surface area contributed by atoms with Crippen LogP contribution >= 0.6 is 46.9 Å². The van der Waals surface area contributed by atoms with Gasteiger partial charge in [0.1, 0.15) is 10.1 Å². The van der Waals surface area contributed by atoms with Gasteiger partial charge in [-0.2, -0.15) is 0 Å². The van der Waals surface area contributed by atoms with E-state index in [0.29, 0.717) is 30.1 Å². The molecule has 6 nitrogen and oxygen atoms in total. The Kier molecular flexibility index (Phi) is 7.30. The maximum atomic E-state index is 12.9. The topological polar surface area (TPSA) is 76.8 Å². The molecule has 0 N–H and O–H groups in total. The number of thioether (sulfide) groups is 1. The number of thiocarbonyl (C=S) groups is 1. The maximum absolute atomic E-state index is 12.9. The number of rotatable bonds is 6. The molecular formula is C27H18ClNO5S3. The lowest BCUT2D eigenvalue weighted by Gasteiger charge is -2.14. The molecule has 0 aliphatic carbocycles. The van der Waals surface area contributed by atoms with Crippen molar-refractivity contribution in [2.45, 2.75) is 13.3 Å². The van der Waals surface area contributed by atoms with Crippen LogP contribution in [0.25, 0.3) is 27.5 Å². The van der Waals surface area contributed by atoms with E-state index in [1.54, 1.807) is 30.3 Å². The summed E-state index contributed by atoms with van der Waals surface area (Å²) in [6.45, 7) is 2.07. The Labute approximate surface area is 230 Å². The van der Waals surface area contributed by atoms with E-state index in [1.165, 1.54) is 16.7 Å². The number of hydrogen-bond donors (Lipinski definition) is 0. The first-order valence-corrected chi connectivity index (χ1v) is 13.5. The molecule has 0 atom stereocenters. The summed E-state index contributed by atoms with van der Waals surface area (Å²) in [5.74, 6) is -0.497. The standard InChI is InChI=1S/C27H18ClNO5S3/c1-15-2-6-17(7-3-15)20-13-19(14-21-24(20)34-27(32)37-21)33-23(30)10-11-29-25(31)22(36-26(29)35)12-16-4-8-18(28)9-5-16/h2-9,12-14H,10-11H2,1H3/b22-12-. The van der Waals surface area contributed by atoms with Gasteiger partial charge in [-0.15, -0.1) is 0 Å². The maximum Gasteiger partial charge on any atom is 0.396 e. The average molecular weight is 568 g/mol. The molecule has 10 heteroatoms. The third kappa shape index (κ3) is 5.70. The SMILES string of the molecule is Cc1ccc(-c2cc(OC(=O)CCN3C(=O)/C(=C/c4ccc(Cl)cc4)SC3=S)cc3sc(=O)oc23)cc1. The molecule has 1 aromatic heterocycles. The Bertz CT molecular complexity index is 1620. The van der Waals surface area contributed by atoms with Gasteiger partial charge in [0.25, 0.3) is 5.91 Å². The van der Waals surface area contributed by atoms with Crippen LogP contribution in [0.2, 0.25) is 5.02 Å². The van der Waals surface area contributed by atoms with Crippen LogP contribution in [-0.2, 0) is 9.59 Å². The van der Waals surface area contributed by atoms with Crippen LogP contribution in [0.4, 0.5) is 0 Å². The third-order valence-corrected chi connectivity index (χ3v) is 7.99. The molecule has 1 saturated heterocycles. The minimum atomic E-state index is -0.527. The molecule has 4 aromatic rings. The van der Waals surface area contributed by atoms with Crippen molar-refractivity contribution in [3.05, 3.63) is 91.5 Å². The number of hydrogen-bond acceptors (Lipinski definition) is 8. The highest BCUT2D eigenvalue weighted by molar-refractivity contribution is 8.26. The van der Waals surface area contributed by atoms with Crippen LogP contribution in [0.1, 0.15) is 17.5 Å². The van der Waals surface area contributed by atoms with Gasteiger partial charge < -0.3 is 9.15 Å². The summed E-state index contributed by atoms with van der Waals surface area (Å²) in [4.78, 5) is 38.9. The molecule has 0 spiro atoms. The molecule has 1 aliphatic rings. The fourth-order valence-electron chi connectivity index (χ4n) is 3.75. The molecule has 1 amide bonds. The summed E-state index contributed by atoms with van der Waals surface area (Å²) in [5, 5.41) is 0.607. The number of halogens is 1. The van der Waals surface area contributed by atoms with Gasteiger partial charge in [-0.1, -0.05) is 88.9 Å². The predicted molar refractivity (Wildman–Crippen MR) is 152 cm³/mol. The summed E-state index contributed by atoms with van der Waals surface area (Å²) >= 11 is 13.4. The van der Waals surface area contributed by atoms with Crippen molar-refractivity contribution in [3.8, 4) is 16.9 Å². The minimum Gasteiger partial charge on any atom is -0.426 e. The van der Waals surface area contributed by atoms with Crippen molar-refractivity contribution in [3.63, 3.8) is 0 Å². The van der Waals surface area contributed by atoms with Crippen LogP contribution < -0.4 is 9.68 Å². The van der Waals surface area contributed by atoms with E-state index in [0.717, 1.165) is 28.0 Å². The smallest absolute Gasteiger partial charge is 0.396 e. The molecule has 0 unspecified atom stereocenters. The van der Waals surface area contributed by atoms with Crippen molar-refractivity contribution >= 4 is 79.5 Å². The summed E-state index contributed by atoms with van der Waals surface area (Å²) in [6, 6.07) is 18.1. The zero-order valence-electron chi connectivity index (χ0n) is 19.4. The van der Waals surface area contributed by atoms with Crippen LogP contribution in [0.5, 0.6) is 5.75 Å². The van der Waals surface area contributed by atoms with Crippen molar-refractivity contribution in [2.24, 2.45) is 0 Å². The molecule has 0 bridgehead atoms. The zero-order chi connectivity index (χ0) is 26.1. The lowest BCUT2D eigenvalue weighted by atomic mass is 10.0. The Morgan fingerprint density at radius 2 is 1.84 bits per heavy atom. The van der Waals surface area contributed by atoms with Gasteiger partial charge in [0.15, 0.2) is 5.58 Å². The zero-order valence-corrected chi connectivity index (χ0v) is 22.6. The number of carbonyl (C=O) groups is 2. The molecule has 1 aliphatic heterocycles. The normalized spacial score (nSPS) is 14.6. The summed E-state index contributed by atoms with van der Waals surface area (Å²) in [7, 11) is 0. The Hall–Kier alpha value is -3.24. The van der Waals surface area contributed by atoms with Crippen LogP contribution in [0.15, 0.2) is 74.8 Å². The molecule has 0 radical (unpaired) electrons. The Morgan fingerprint density at radius 1 is 1.11 bits per heavy atom. The lowest BCUT2D eigenvalue weighted by Crippen LogP contribution is -2.31. The van der Waals surface area contributed by atoms with E-state index in [1.807, 2.05) is 43.3 Å². The van der Waals surface area contributed by atoms with Gasteiger partial charge in [0, 0.05) is 23.2 Å². The van der Waals surface area contributed by atoms with Crippen LogP contribution in [0, 0.1) is 6.92 Å². The summed E-state index contributed by atoms with van der Waals surface area (Å²) < 4.78 is 11.9. The van der Waals surface area contributed by atoms with Gasteiger partial charge in [-0.25, -0.2) is 4.79 Å². The first-order chi connectivity index (χ1) is 17.8. The molecule has 186 valence electrons. The average Bonchev–Trinajstić information content (AvgIpc) is 3.37. The van der Waals surface area contributed by atoms with Crippen molar-refractivity contribution in [2.75, 3.05) is 6.54 Å². The molecule has 0 saturated carbocycles. The van der Waals surface area contributed by atoms with E-state index in [2.05, 4.69) is 0 Å². The van der Waals surface area contributed by atoms with Gasteiger partial charge in [0.2, 0.25) is 0 Å². The number of ether oxygens (including phenoxy) is 1. The monoisotopic (exact) mass is 567 g/mol. The number of fused-ring (bicyclic) bond motifs is 1. The van der Waals surface area contributed by atoms with Crippen LogP contribution in [-0.4, -0.2) is 27.6 Å². The number of aryl methyl sites for hydroxylation is 1. The quantitative estimate of drug-likeness (QED) is 0.111. The number of carbonyl (C=O) groups excluding carboxylic acids is 2. The number of benzene rings is 3. The summed E-state index contributed by atoms with van der Waals surface area (Å²) in [6.07, 6.45) is 1.69. The van der Waals surface area contributed by atoms with Gasteiger partial charge >= 0.3 is 10.9 Å². The van der Waals surface area contributed by atoms with E-state index in [4.69, 9.17) is 33.0 Å². The highest BCUT2D eigenvalue weighted by atomic mass is 35.5. The molecule has 37 heavy (non-hydrogen) atoms. The second-order valence-electron chi connectivity index (χ2n) is 8.23. The van der Waals surface area contributed by atoms with Gasteiger partial charge in [0.05, 0.1) is 16.0 Å². The highest BCUT2D eigenvalue weighted by Gasteiger charge is 2.32. The Morgan fingerprint density at radius 3 is 2.57 bits per heavy atom. The molecule has 5 rings (SSSR count). The van der Waals surface area contributed by atoms with Gasteiger partial charge in [-0.3, -0.25) is 14.5 Å². The second kappa shape index (κ2) is 10.6. The Balaban J connectivity index is 1.30. The molecule has 3 aromatic carbocycles. The predicted octanol–water partition coefficient (Wildman–Crippen LogP) is 6.68. The van der Waals surface area contributed by atoms with Crippen LogP contribution in [0.3, 0.4) is 0 Å². The van der Waals surface area contributed by atoms with E-state index >= 15 is 0 Å². The van der Waals surface area contributed by atoms with E-state index in [9.17, 15) is 14.4 Å². The first kappa shape index (κ1) is 25.4. The number of esters is 1. The van der Waals surface area contributed by atoms with E-state index in [-0.39, 0.29) is 24.6 Å². The first-order valence-electron chi connectivity index (χ1n) is 11.1. The molecule has 2 heterocycles. The molecular weight excluding hydrogens is 550 g/mol. The third-order valence-electron chi connectivity index (χ3n) is 5.58.